The fraction of sp³-hybridized carbons (Fsp3) is 0.429. The van der Waals surface area contributed by atoms with Crippen molar-refractivity contribution in [3.63, 3.8) is 0 Å². The Labute approximate surface area is 141 Å². The van der Waals surface area contributed by atoms with Gasteiger partial charge in [-0.05, 0) is 48.3 Å². The van der Waals surface area contributed by atoms with Crippen LogP contribution in [0.4, 0.5) is 10.5 Å². The molecule has 0 unspecified atom stereocenters. The van der Waals surface area contributed by atoms with Crippen molar-refractivity contribution >= 4 is 49.5 Å². The van der Waals surface area contributed by atoms with E-state index in [1.165, 1.54) is 6.07 Å². The fourth-order valence-electron chi connectivity index (χ4n) is 1.88. The molecular formula is C14H18Br2N2O3. The summed E-state index contributed by atoms with van der Waals surface area (Å²) in [4.78, 5) is 25.3. The van der Waals surface area contributed by atoms with Crippen molar-refractivity contribution in [2.24, 2.45) is 0 Å². The van der Waals surface area contributed by atoms with Crippen LogP contribution in [0, 0.1) is 0 Å². The Morgan fingerprint density at radius 1 is 1.33 bits per heavy atom. The quantitative estimate of drug-likeness (QED) is 0.731. The van der Waals surface area contributed by atoms with Gasteiger partial charge in [0.25, 0.3) is 0 Å². The lowest BCUT2D eigenvalue weighted by Gasteiger charge is -2.27. The summed E-state index contributed by atoms with van der Waals surface area (Å²) in [7, 11) is 0. The lowest BCUT2D eigenvalue weighted by Crippen LogP contribution is -2.40. The van der Waals surface area contributed by atoms with Crippen molar-refractivity contribution in [2.75, 3.05) is 11.9 Å². The Morgan fingerprint density at radius 2 is 1.95 bits per heavy atom. The molecule has 0 aliphatic rings. The number of carboxylic acids is 1. The van der Waals surface area contributed by atoms with Gasteiger partial charge in [-0.1, -0.05) is 22.9 Å². The average molecular weight is 422 g/mol. The third-order valence-corrected chi connectivity index (χ3v) is 3.95. The third-order valence-electron chi connectivity index (χ3n) is 2.87. The summed E-state index contributed by atoms with van der Waals surface area (Å²) < 4.78 is 1.14. The molecule has 2 N–H and O–H groups in total. The molecule has 1 aromatic rings. The molecule has 0 fully saturated rings. The summed E-state index contributed by atoms with van der Waals surface area (Å²) in [5, 5.41) is 12.0. The van der Waals surface area contributed by atoms with E-state index in [0.717, 1.165) is 6.42 Å². The number of anilines is 1. The van der Waals surface area contributed by atoms with Crippen LogP contribution in [0.2, 0.25) is 0 Å². The number of benzene rings is 1. The van der Waals surface area contributed by atoms with Crippen molar-refractivity contribution in [3.05, 3.63) is 26.6 Å². The predicted molar refractivity (Wildman–Crippen MR) is 90.0 cm³/mol. The first-order chi connectivity index (χ1) is 9.77. The number of halogens is 2. The lowest BCUT2D eigenvalue weighted by molar-refractivity contribution is 0.0698. The Kier molecular flexibility index (Phi) is 6.67. The first kappa shape index (κ1) is 18.0. The number of urea groups is 1. The SMILES string of the molecule is CCCN(C(=O)Nc1c(Br)cc(Br)cc1C(=O)O)C(C)C. The van der Waals surface area contributed by atoms with Crippen LogP contribution < -0.4 is 5.32 Å². The Balaban J connectivity index is 3.12. The Hall–Kier alpha value is -1.08. The number of aromatic carboxylic acids is 1. The largest absolute Gasteiger partial charge is 0.478 e. The molecule has 0 atom stereocenters. The summed E-state index contributed by atoms with van der Waals surface area (Å²) in [5.41, 5.74) is 0.294. The van der Waals surface area contributed by atoms with Gasteiger partial charge >= 0.3 is 12.0 Å². The van der Waals surface area contributed by atoms with E-state index in [4.69, 9.17) is 0 Å². The second-order valence-corrected chi connectivity index (χ2v) is 6.60. The van der Waals surface area contributed by atoms with Crippen LogP contribution in [0.15, 0.2) is 21.1 Å². The van der Waals surface area contributed by atoms with E-state index in [1.54, 1.807) is 11.0 Å². The van der Waals surface area contributed by atoms with E-state index < -0.39 is 5.97 Å². The zero-order valence-electron chi connectivity index (χ0n) is 12.1. The van der Waals surface area contributed by atoms with Gasteiger partial charge in [-0.25, -0.2) is 9.59 Å². The van der Waals surface area contributed by atoms with Gasteiger partial charge in [0.05, 0.1) is 11.3 Å². The molecule has 0 saturated carbocycles. The van der Waals surface area contributed by atoms with E-state index in [-0.39, 0.29) is 23.3 Å². The second-order valence-electron chi connectivity index (χ2n) is 4.83. The maximum atomic E-state index is 12.3. The lowest BCUT2D eigenvalue weighted by atomic mass is 10.2. The summed E-state index contributed by atoms with van der Waals surface area (Å²) in [5.74, 6) is -1.10. The highest BCUT2D eigenvalue weighted by atomic mass is 79.9. The molecule has 2 amide bonds. The number of carboxylic acid groups (broad SMARTS) is 1. The minimum Gasteiger partial charge on any atom is -0.478 e. The summed E-state index contributed by atoms with van der Waals surface area (Å²) >= 11 is 6.54. The van der Waals surface area contributed by atoms with Crippen LogP contribution >= 0.6 is 31.9 Å². The van der Waals surface area contributed by atoms with E-state index in [0.29, 0.717) is 15.5 Å². The number of nitrogens with one attached hydrogen (secondary N) is 1. The smallest absolute Gasteiger partial charge is 0.337 e. The first-order valence-corrected chi connectivity index (χ1v) is 8.16. The second kappa shape index (κ2) is 7.79. The fourth-order valence-corrected chi connectivity index (χ4v) is 3.21. The Morgan fingerprint density at radius 3 is 2.43 bits per heavy atom. The van der Waals surface area contributed by atoms with Crippen molar-refractivity contribution in [3.8, 4) is 0 Å². The van der Waals surface area contributed by atoms with Crippen molar-refractivity contribution in [2.45, 2.75) is 33.2 Å². The van der Waals surface area contributed by atoms with Gasteiger partial charge in [0.1, 0.15) is 0 Å². The van der Waals surface area contributed by atoms with Crippen LogP contribution in [0.1, 0.15) is 37.6 Å². The number of rotatable bonds is 5. The van der Waals surface area contributed by atoms with Crippen molar-refractivity contribution in [1.29, 1.82) is 0 Å². The highest BCUT2D eigenvalue weighted by molar-refractivity contribution is 9.11. The van der Waals surface area contributed by atoms with E-state index in [2.05, 4.69) is 37.2 Å². The topological polar surface area (TPSA) is 69.6 Å². The van der Waals surface area contributed by atoms with Crippen molar-refractivity contribution in [1.82, 2.24) is 4.90 Å². The molecule has 116 valence electrons. The van der Waals surface area contributed by atoms with Crippen molar-refractivity contribution < 1.29 is 14.7 Å². The molecular weight excluding hydrogens is 404 g/mol. The molecule has 0 radical (unpaired) electrons. The zero-order valence-corrected chi connectivity index (χ0v) is 15.3. The van der Waals surface area contributed by atoms with Crippen LogP contribution in [-0.4, -0.2) is 34.6 Å². The Bertz CT molecular complexity index is 547. The third kappa shape index (κ3) is 4.71. The zero-order chi connectivity index (χ0) is 16.2. The molecule has 1 rings (SSSR count). The standard InChI is InChI=1S/C14H18Br2N2O3/c1-4-5-18(8(2)3)14(21)17-12-10(13(19)20)6-9(15)7-11(12)16/h6-8H,4-5H2,1-3H3,(H,17,21)(H,19,20). The van der Waals surface area contributed by atoms with Gasteiger partial charge in [0.2, 0.25) is 0 Å². The number of hydrogen-bond acceptors (Lipinski definition) is 2. The van der Waals surface area contributed by atoms with Crippen LogP contribution in [-0.2, 0) is 0 Å². The summed E-state index contributed by atoms with van der Waals surface area (Å²) in [6.45, 7) is 6.44. The molecule has 0 aliphatic heterocycles. The molecule has 0 spiro atoms. The van der Waals surface area contributed by atoms with Crippen LogP contribution in [0.3, 0.4) is 0 Å². The van der Waals surface area contributed by atoms with Crippen LogP contribution in [0.25, 0.3) is 0 Å². The van der Waals surface area contributed by atoms with E-state index in [9.17, 15) is 14.7 Å². The monoisotopic (exact) mass is 420 g/mol. The summed E-state index contributed by atoms with van der Waals surface area (Å²) in [6, 6.07) is 2.88. The highest BCUT2D eigenvalue weighted by Gasteiger charge is 2.21. The molecule has 0 aromatic heterocycles. The predicted octanol–water partition coefficient (Wildman–Crippen LogP) is 4.56. The van der Waals surface area contributed by atoms with E-state index >= 15 is 0 Å². The van der Waals surface area contributed by atoms with Gasteiger partial charge in [-0.2, -0.15) is 0 Å². The minimum absolute atomic E-state index is 0.0322. The first-order valence-electron chi connectivity index (χ1n) is 6.57. The number of nitrogens with zero attached hydrogens (tertiary/aromatic N) is 1. The molecule has 7 heteroatoms. The molecule has 21 heavy (non-hydrogen) atoms. The molecule has 0 bridgehead atoms. The maximum absolute atomic E-state index is 12.3. The molecule has 5 nitrogen and oxygen atoms in total. The van der Waals surface area contributed by atoms with Crippen LogP contribution in [0.5, 0.6) is 0 Å². The maximum Gasteiger partial charge on any atom is 0.337 e. The van der Waals surface area contributed by atoms with Gasteiger partial charge in [-0.15, -0.1) is 0 Å². The average Bonchev–Trinajstić information content (AvgIpc) is 2.37. The number of carbonyl (C=O) groups excluding carboxylic acids is 1. The molecule has 0 saturated heterocycles. The number of hydrogen-bond donors (Lipinski definition) is 2. The van der Waals surface area contributed by atoms with Gasteiger partial charge in [-0.3, -0.25) is 0 Å². The molecule has 1 aromatic carbocycles. The normalized spacial score (nSPS) is 10.6. The summed E-state index contributed by atoms with van der Waals surface area (Å²) in [6.07, 6.45) is 0.832. The highest BCUT2D eigenvalue weighted by Crippen LogP contribution is 2.31. The molecule has 0 aliphatic carbocycles. The van der Waals surface area contributed by atoms with Gasteiger partial charge < -0.3 is 15.3 Å². The van der Waals surface area contributed by atoms with E-state index in [1.807, 2.05) is 20.8 Å². The minimum atomic E-state index is -1.10. The molecule has 0 heterocycles. The number of carbonyl (C=O) groups is 2. The number of amides is 2. The van der Waals surface area contributed by atoms with Gasteiger partial charge in [0.15, 0.2) is 0 Å². The van der Waals surface area contributed by atoms with Gasteiger partial charge in [0, 0.05) is 21.5 Å².